The van der Waals surface area contributed by atoms with E-state index in [1.807, 2.05) is 73.7 Å². The van der Waals surface area contributed by atoms with Crippen molar-refractivity contribution in [2.75, 3.05) is 6.54 Å². The molecule has 1 aliphatic heterocycles. The Balaban J connectivity index is 1.16. The lowest BCUT2D eigenvalue weighted by molar-refractivity contribution is -0.131. The van der Waals surface area contributed by atoms with Crippen LogP contribution >= 0.6 is 0 Å². The Morgan fingerprint density at radius 2 is 1.80 bits per heavy atom. The highest BCUT2D eigenvalue weighted by molar-refractivity contribution is 5.95. The molecule has 2 heterocycles. The fourth-order valence-corrected chi connectivity index (χ4v) is 8.14. The highest BCUT2D eigenvalue weighted by Crippen LogP contribution is 2.64. The number of hydrogen-bond acceptors (Lipinski definition) is 9. The molecule has 8 rings (SSSR count). The molecule has 1 fully saturated rings. The van der Waals surface area contributed by atoms with Crippen LogP contribution in [0.1, 0.15) is 69.0 Å². The number of aromatic nitrogens is 2. The lowest BCUT2D eigenvalue weighted by Crippen LogP contribution is -2.71. The van der Waals surface area contributed by atoms with Gasteiger partial charge < -0.3 is 34.8 Å². The molecule has 10 nitrogen and oxygen atoms in total. The first kappa shape index (κ1) is 31.6. The average Bonchev–Trinajstić information content (AvgIpc) is 3.65. The van der Waals surface area contributed by atoms with Gasteiger partial charge in [-0.15, -0.1) is 0 Å². The van der Waals surface area contributed by atoms with Crippen LogP contribution in [0.25, 0.3) is 11.4 Å². The maximum absolute atomic E-state index is 14.2. The van der Waals surface area contributed by atoms with E-state index in [1.54, 1.807) is 13.8 Å². The average molecular weight is 663 g/mol. The van der Waals surface area contributed by atoms with Gasteiger partial charge in [0, 0.05) is 23.6 Å². The van der Waals surface area contributed by atoms with Crippen LogP contribution in [0.15, 0.2) is 88.7 Å². The van der Waals surface area contributed by atoms with Crippen molar-refractivity contribution >= 4 is 5.91 Å². The quantitative estimate of drug-likeness (QED) is 0.161. The molecule has 1 aromatic heterocycles. The minimum atomic E-state index is -1.45. The zero-order valence-electron chi connectivity index (χ0n) is 28.0. The molecular formula is C39H42N4O6. The molecule has 0 bridgehead atoms. The Morgan fingerprint density at radius 3 is 2.51 bits per heavy atom. The third kappa shape index (κ3) is 5.11. The van der Waals surface area contributed by atoms with Crippen molar-refractivity contribution in [1.82, 2.24) is 20.8 Å². The molecule has 3 aliphatic carbocycles. The maximum atomic E-state index is 14.2. The summed E-state index contributed by atoms with van der Waals surface area (Å²) in [4.78, 5) is 18.8. The van der Waals surface area contributed by atoms with E-state index >= 15 is 0 Å². The second kappa shape index (κ2) is 11.7. The first-order valence-electron chi connectivity index (χ1n) is 17.2. The fraction of sp³-hybridized carbons (Fsp3) is 0.410. The minimum Gasteiger partial charge on any atom is -0.508 e. The van der Waals surface area contributed by atoms with Crippen LogP contribution in [-0.2, 0) is 28.8 Å². The van der Waals surface area contributed by atoms with Crippen LogP contribution in [0.3, 0.4) is 0 Å². The summed E-state index contributed by atoms with van der Waals surface area (Å²) in [5.74, 6) is 1.54. The number of hydrogen-bond donors (Lipinski definition) is 4. The molecule has 0 unspecified atom stereocenters. The molecule has 10 heteroatoms. The van der Waals surface area contributed by atoms with Gasteiger partial charge in [0.25, 0.3) is 11.8 Å². The van der Waals surface area contributed by atoms with Crippen molar-refractivity contribution in [3.8, 4) is 22.9 Å². The van der Waals surface area contributed by atoms with Crippen LogP contribution in [0.2, 0.25) is 0 Å². The summed E-state index contributed by atoms with van der Waals surface area (Å²) >= 11 is 0. The van der Waals surface area contributed by atoms with Crippen LogP contribution in [0, 0.1) is 5.92 Å². The molecule has 254 valence electrons. The normalized spacial score (nSPS) is 25.5. The lowest BCUT2D eigenvalue weighted by Gasteiger charge is -2.56. The number of nitrogens with one attached hydrogen (secondary N) is 2. The predicted octanol–water partition coefficient (Wildman–Crippen LogP) is 5.65. The highest BCUT2D eigenvalue weighted by atomic mass is 16.5. The summed E-state index contributed by atoms with van der Waals surface area (Å²) in [5, 5.41) is 36.0. The number of rotatable bonds is 11. The van der Waals surface area contributed by atoms with Gasteiger partial charge in [-0.05, 0) is 69.2 Å². The highest BCUT2D eigenvalue weighted by Gasteiger charge is 2.70. The molecule has 1 saturated carbocycles. The van der Waals surface area contributed by atoms with Crippen molar-refractivity contribution in [3.63, 3.8) is 0 Å². The smallest absolute Gasteiger partial charge is 0.252 e. The van der Waals surface area contributed by atoms with Crippen LogP contribution < -0.4 is 20.1 Å². The predicted molar refractivity (Wildman–Crippen MR) is 182 cm³/mol. The van der Waals surface area contributed by atoms with Gasteiger partial charge in [-0.25, -0.2) is 0 Å². The number of aliphatic hydroxyl groups excluding tert-OH is 1. The van der Waals surface area contributed by atoms with E-state index in [2.05, 4.69) is 26.8 Å². The molecule has 0 saturated heterocycles. The molecule has 4 aromatic rings. The zero-order chi connectivity index (χ0) is 34.0. The van der Waals surface area contributed by atoms with E-state index in [0.29, 0.717) is 42.7 Å². The summed E-state index contributed by atoms with van der Waals surface area (Å²) in [6, 6.07) is 23.0. The SMILES string of the molecule is CC[C@]12c3c4ccc(OCc5ccccc5)c3O[C@H]1C(O)=C(C(=O)NC(C)(C)c1nc(-c3ccccc3)no1)C[C@@]2(O)[C@H](NCC1CC1)C4. The third-order valence-electron chi connectivity index (χ3n) is 11.0. The number of ether oxygens (including phenoxy) is 2. The van der Waals surface area contributed by atoms with Crippen LogP contribution in [0.5, 0.6) is 11.5 Å². The second-order valence-electron chi connectivity index (χ2n) is 14.5. The Bertz CT molecular complexity index is 1920. The molecule has 49 heavy (non-hydrogen) atoms. The van der Waals surface area contributed by atoms with Crippen molar-refractivity contribution in [3.05, 3.63) is 107 Å². The number of benzene rings is 3. The first-order chi connectivity index (χ1) is 23.6. The van der Waals surface area contributed by atoms with E-state index < -0.39 is 28.6 Å². The molecule has 0 spiro atoms. The number of amides is 1. The fourth-order valence-electron chi connectivity index (χ4n) is 8.14. The van der Waals surface area contributed by atoms with Gasteiger partial charge in [0.1, 0.15) is 17.9 Å². The molecule has 1 amide bonds. The lowest BCUT2D eigenvalue weighted by atomic mass is 9.51. The van der Waals surface area contributed by atoms with Crippen molar-refractivity contribution < 1.29 is 29.0 Å². The Morgan fingerprint density at radius 1 is 1.06 bits per heavy atom. The molecule has 3 aromatic carbocycles. The van der Waals surface area contributed by atoms with E-state index in [0.717, 1.165) is 41.6 Å². The summed E-state index contributed by atoms with van der Waals surface area (Å²) in [7, 11) is 0. The van der Waals surface area contributed by atoms with Gasteiger partial charge in [0.05, 0.1) is 16.6 Å². The Kier molecular flexibility index (Phi) is 7.57. The van der Waals surface area contributed by atoms with Crippen LogP contribution in [0.4, 0.5) is 0 Å². The standard InChI is InChI=1S/C39H42N4O6/c1-4-38-30-26-17-18-28(47-22-24-11-7-5-8-12-24)32(30)48-33(38)31(44)27(20-39(38,46)29(19-26)40-21-23-15-16-23)35(45)42-37(2,3)36-41-34(43-49-36)25-13-9-6-10-14-25/h5-14,17-18,23,29,33,40,44,46H,4,15-16,19-22H2,1-3H3,(H,42,45)/t29-,33+,38+,39-/m1/s1. The van der Waals surface area contributed by atoms with Gasteiger partial charge in [-0.1, -0.05) is 78.8 Å². The van der Waals surface area contributed by atoms with Crippen molar-refractivity contribution in [1.29, 1.82) is 0 Å². The van der Waals surface area contributed by atoms with Gasteiger partial charge in [0.2, 0.25) is 5.82 Å². The number of aliphatic hydroxyl groups is 2. The summed E-state index contributed by atoms with van der Waals surface area (Å²) in [6.07, 6.45) is 2.30. The number of carbonyl (C=O) groups excluding carboxylic acids is 1. The second-order valence-corrected chi connectivity index (χ2v) is 14.5. The largest absolute Gasteiger partial charge is 0.508 e. The maximum Gasteiger partial charge on any atom is 0.252 e. The van der Waals surface area contributed by atoms with Gasteiger partial charge in [0.15, 0.2) is 17.6 Å². The molecule has 0 radical (unpaired) electrons. The molecular weight excluding hydrogens is 620 g/mol. The zero-order valence-corrected chi connectivity index (χ0v) is 28.0. The monoisotopic (exact) mass is 662 g/mol. The van der Waals surface area contributed by atoms with Gasteiger partial charge in [-0.2, -0.15) is 4.98 Å². The Labute approximate surface area is 285 Å². The summed E-state index contributed by atoms with van der Waals surface area (Å²) in [5.41, 5.74) is 0.240. The Hall–Kier alpha value is -4.67. The van der Waals surface area contributed by atoms with Crippen molar-refractivity contribution in [2.45, 2.75) is 88.2 Å². The summed E-state index contributed by atoms with van der Waals surface area (Å²) in [6.45, 7) is 6.67. The molecule has 4 aliphatic rings. The summed E-state index contributed by atoms with van der Waals surface area (Å²) < 4.78 is 18.6. The third-order valence-corrected chi connectivity index (χ3v) is 11.0. The number of nitrogens with zero attached hydrogens (tertiary/aromatic N) is 2. The van der Waals surface area contributed by atoms with E-state index in [-0.39, 0.29) is 29.7 Å². The number of carbonyl (C=O) groups is 1. The minimum absolute atomic E-state index is 0.0656. The van der Waals surface area contributed by atoms with Crippen LogP contribution in [-0.4, -0.2) is 50.6 Å². The first-order valence-corrected chi connectivity index (χ1v) is 17.2. The van der Waals surface area contributed by atoms with E-state index in [9.17, 15) is 15.0 Å². The van der Waals surface area contributed by atoms with Gasteiger partial charge >= 0.3 is 0 Å². The van der Waals surface area contributed by atoms with Crippen molar-refractivity contribution in [2.24, 2.45) is 5.92 Å². The van der Waals surface area contributed by atoms with E-state index in [1.165, 1.54) is 0 Å². The molecule has 4 atom stereocenters. The van der Waals surface area contributed by atoms with E-state index in [4.69, 9.17) is 14.0 Å². The molecule has 4 N–H and O–H groups in total. The van der Waals surface area contributed by atoms with Gasteiger partial charge in [-0.3, -0.25) is 4.79 Å². The topological polar surface area (TPSA) is 139 Å².